The molecular formula is C14H31IN4. The molecule has 0 aliphatic carbocycles. The van der Waals surface area contributed by atoms with Crippen LogP contribution in [0.4, 0.5) is 0 Å². The van der Waals surface area contributed by atoms with Gasteiger partial charge in [0.2, 0.25) is 0 Å². The summed E-state index contributed by atoms with van der Waals surface area (Å²) in [6, 6.07) is 0.528. The fourth-order valence-electron chi connectivity index (χ4n) is 2.34. The molecule has 1 aliphatic rings. The number of nitrogens with two attached hydrogens (primary N) is 1. The predicted molar refractivity (Wildman–Crippen MR) is 94.2 cm³/mol. The highest BCUT2D eigenvalue weighted by atomic mass is 127. The molecule has 0 saturated carbocycles. The molecular weight excluding hydrogens is 351 g/mol. The third-order valence-corrected chi connectivity index (χ3v) is 3.52. The van der Waals surface area contributed by atoms with Gasteiger partial charge in [-0.05, 0) is 38.1 Å². The Balaban J connectivity index is 0.00000324. The van der Waals surface area contributed by atoms with Crippen molar-refractivity contribution in [3.63, 3.8) is 0 Å². The maximum atomic E-state index is 5.85. The first-order chi connectivity index (χ1) is 8.49. The van der Waals surface area contributed by atoms with Crippen molar-refractivity contribution in [3.8, 4) is 0 Å². The molecule has 0 radical (unpaired) electrons. The average molecular weight is 382 g/mol. The number of hydrogen-bond acceptors (Lipinski definition) is 2. The lowest BCUT2D eigenvalue weighted by Gasteiger charge is -2.35. The number of guanidine groups is 1. The molecule has 2 unspecified atom stereocenters. The lowest BCUT2D eigenvalue weighted by Crippen LogP contribution is -2.47. The van der Waals surface area contributed by atoms with E-state index in [1.165, 1.54) is 25.9 Å². The third kappa shape index (κ3) is 7.97. The standard InChI is InChI=1S/C14H30N4.HI/c1-11(2)8-16-14(15)17-9-13(4)18-7-5-6-12(3)10-18;/h11-13H,5-10H2,1-4H3,(H3,15,16,17);1H. The van der Waals surface area contributed by atoms with Gasteiger partial charge in [-0.25, -0.2) is 0 Å². The van der Waals surface area contributed by atoms with E-state index in [0.717, 1.165) is 19.0 Å². The Bertz CT molecular complexity index is 268. The molecule has 0 aromatic carbocycles. The molecule has 0 amide bonds. The fourth-order valence-corrected chi connectivity index (χ4v) is 2.34. The summed E-state index contributed by atoms with van der Waals surface area (Å²) in [6.45, 7) is 13.0. The molecule has 1 aliphatic heterocycles. The Kier molecular flexibility index (Phi) is 9.78. The molecule has 114 valence electrons. The number of halogens is 1. The largest absolute Gasteiger partial charge is 0.370 e. The van der Waals surface area contributed by atoms with Gasteiger partial charge in [0.15, 0.2) is 5.96 Å². The van der Waals surface area contributed by atoms with Gasteiger partial charge in [0.05, 0.1) is 0 Å². The van der Waals surface area contributed by atoms with Gasteiger partial charge >= 0.3 is 0 Å². The Morgan fingerprint density at radius 3 is 2.68 bits per heavy atom. The van der Waals surface area contributed by atoms with Crippen LogP contribution in [0.2, 0.25) is 0 Å². The summed E-state index contributed by atoms with van der Waals surface area (Å²) in [4.78, 5) is 6.87. The first-order valence-corrected chi connectivity index (χ1v) is 7.27. The van der Waals surface area contributed by atoms with Crippen molar-refractivity contribution in [2.45, 2.75) is 46.6 Å². The maximum Gasteiger partial charge on any atom is 0.188 e. The number of hydrogen-bond donors (Lipinski definition) is 2. The van der Waals surface area contributed by atoms with Crippen LogP contribution >= 0.6 is 24.0 Å². The van der Waals surface area contributed by atoms with E-state index in [4.69, 9.17) is 5.73 Å². The number of piperidine rings is 1. The van der Waals surface area contributed by atoms with Crippen LogP contribution in [0.1, 0.15) is 40.5 Å². The van der Waals surface area contributed by atoms with Crippen LogP contribution in [0.25, 0.3) is 0 Å². The summed E-state index contributed by atoms with van der Waals surface area (Å²) in [5.74, 6) is 1.97. The normalized spacial score (nSPS) is 23.0. The van der Waals surface area contributed by atoms with Gasteiger partial charge in [-0.1, -0.05) is 20.8 Å². The molecule has 1 heterocycles. The highest BCUT2D eigenvalue weighted by molar-refractivity contribution is 14.0. The molecule has 0 spiro atoms. The summed E-state index contributed by atoms with van der Waals surface area (Å²) in [6.07, 6.45) is 2.69. The van der Waals surface area contributed by atoms with Crippen LogP contribution in [0.3, 0.4) is 0 Å². The molecule has 0 aromatic heterocycles. The lowest BCUT2D eigenvalue weighted by atomic mass is 9.99. The summed E-state index contributed by atoms with van der Waals surface area (Å²) in [7, 11) is 0. The lowest BCUT2D eigenvalue weighted by molar-refractivity contribution is 0.139. The Morgan fingerprint density at radius 2 is 2.11 bits per heavy atom. The minimum absolute atomic E-state index is 0. The number of rotatable bonds is 5. The number of nitrogens with one attached hydrogen (secondary N) is 1. The van der Waals surface area contributed by atoms with Crippen molar-refractivity contribution in [1.82, 2.24) is 10.2 Å². The van der Waals surface area contributed by atoms with Crippen LogP contribution in [0.15, 0.2) is 4.99 Å². The molecule has 19 heavy (non-hydrogen) atoms. The van der Waals surface area contributed by atoms with E-state index in [9.17, 15) is 0 Å². The Morgan fingerprint density at radius 1 is 1.42 bits per heavy atom. The smallest absolute Gasteiger partial charge is 0.188 e. The number of nitrogens with zero attached hydrogens (tertiary/aromatic N) is 2. The summed E-state index contributed by atoms with van der Waals surface area (Å²) < 4.78 is 0. The second-order valence-corrected chi connectivity index (χ2v) is 6.09. The average Bonchev–Trinajstić information content (AvgIpc) is 2.33. The van der Waals surface area contributed by atoms with E-state index in [-0.39, 0.29) is 24.0 Å². The van der Waals surface area contributed by atoms with E-state index in [0.29, 0.717) is 17.9 Å². The van der Waals surface area contributed by atoms with Gasteiger partial charge < -0.3 is 11.1 Å². The van der Waals surface area contributed by atoms with Crippen LogP contribution < -0.4 is 11.1 Å². The van der Waals surface area contributed by atoms with Crippen molar-refractivity contribution in [2.75, 3.05) is 26.2 Å². The van der Waals surface area contributed by atoms with E-state index < -0.39 is 0 Å². The molecule has 0 aromatic rings. The summed E-state index contributed by atoms with van der Waals surface area (Å²) >= 11 is 0. The van der Waals surface area contributed by atoms with Crippen molar-refractivity contribution < 1.29 is 0 Å². The highest BCUT2D eigenvalue weighted by Crippen LogP contribution is 2.17. The summed E-state index contributed by atoms with van der Waals surface area (Å²) in [5, 5.41) is 3.24. The van der Waals surface area contributed by atoms with Crippen molar-refractivity contribution in [2.24, 2.45) is 22.6 Å². The van der Waals surface area contributed by atoms with Gasteiger partial charge in [-0.3, -0.25) is 9.89 Å². The molecule has 1 fully saturated rings. The SMILES string of the molecule is CC(C)CN=C(N)NCC(C)N1CCCC(C)C1.I. The molecule has 1 rings (SSSR count). The van der Waals surface area contributed by atoms with Crippen LogP contribution in [0.5, 0.6) is 0 Å². The minimum atomic E-state index is 0. The van der Waals surface area contributed by atoms with Crippen LogP contribution in [-0.4, -0.2) is 43.1 Å². The van der Waals surface area contributed by atoms with Gasteiger partial charge in [-0.15, -0.1) is 24.0 Å². The zero-order valence-corrected chi connectivity index (χ0v) is 15.2. The van der Waals surface area contributed by atoms with Crippen LogP contribution in [0, 0.1) is 11.8 Å². The Labute approximate surface area is 135 Å². The predicted octanol–water partition coefficient (Wildman–Crippen LogP) is 2.29. The zero-order valence-electron chi connectivity index (χ0n) is 12.9. The monoisotopic (exact) mass is 382 g/mol. The van der Waals surface area contributed by atoms with Crippen molar-refractivity contribution >= 4 is 29.9 Å². The van der Waals surface area contributed by atoms with Crippen molar-refractivity contribution in [3.05, 3.63) is 0 Å². The summed E-state index contributed by atoms with van der Waals surface area (Å²) in [5.41, 5.74) is 5.85. The molecule has 3 N–H and O–H groups in total. The molecule has 1 saturated heterocycles. The topological polar surface area (TPSA) is 53.6 Å². The van der Waals surface area contributed by atoms with Gasteiger partial charge in [0.1, 0.15) is 0 Å². The molecule has 2 atom stereocenters. The quantitative estimate of drug-likeness (QED) is 0.436. The highest BCUT2D eigenvalue weighted by Gasteiger charge is 2.20. The van der Waals surface area contributed by atoms with Crippen molar-refractivity contribution in [1.29, 1.82) is 0 Å². The van der Waals surface area contributed by atoms with E-state index in [2.05, 4.69) is 42.9 Å². The fraction of sp³-hybridized carbons (Fsp3) is 0.929. The van der Waals surface area contributed by atoms with E-state index >= 15 is 0 Å². The third-order valence-electron chi connectivity index (χ3n) is 3.52. The second-order valence-electron chi connectivity index (χ2n) is 6.09. The van der Waals surface area contributed by atoms with Gasteiger partial charge in [-0.2, -0.15) is 0 Å². The maximum absolute atomic E-state index is 5.85. The van der Waals surface area contributed by atoms with Crippen LogP contribution in [-0.2, 0) is 0 Å². The number of likely N-dealkylation sites (tertiary alicyclic amines) is 1. The first-order valence-electron chi connectivity index (χ1n) is 7.27. The zero-order chi connectivity index (χ0) is 13.5. The van der Waals surface area contributed by atoms with Gasteiger partial charge in [0, 0.05) is 25.7 Å². The van der Waals surface area contributed by atoms with E-state index in [1.807, 2.05) is 0 Å². The molecule has 0 bridgehead atoms. The molecule has 4 nitrogen and oxygen atoms in total. The van der Waals surface area contributed by atoms with E-state index in [1.54, 1.807) is 0 Å². The first kappa shape index (κ1) is 19.0. The number of aliphatic imine (C=N–C) groups is 1. The minimum Gasteiger partial charge on any atom is -0.370 e. The second kappa shape index (κ2) is 9.80. The molecule has 5 heteroatoms. The Hall–Kier alpha value is -0.0400. The van der Waals surface area contributed by atoms with Gasteiger partial charge in [0.25, 0.3) is 0 Å².